The maximum Gasteiger partial charge on any atom is 0.308 e. The van der Waals surface area contributed by atoms with Gasteiger partial charge in [-0.2, -0.15) is 0 Å². The van der Waals surface area contributed by atoms with E-state index in [1.165, 1.54) is 7.11 Å². The Hall–Kier alpha value is -2.12. The Kier molecular flexibility index (Phi) is 7.21. The highest BCUT2D eigenvalue weighted by Crippen LogP contribution is 2.18. The van der Waals surface area contributed by atoms with Crippen LogP contribution < -0.4 is 5.32 Å². The van der Waals surface area contributed by atoms with Gasteiger partial charge in [0.1, 0.15) is 12.4 Å². The number of hydrogen-bond donors (Lipinski definition) is 1. The van der Waals surface area contributed by atoms with Crippen molar-refractivity contribution < 1.29 is 9.53 Å². The summed E-state index contributed by atoms with van der Waals surface area (Å²) in [5, 5.41) is 11.7. The lowest BCUT2D eigenvalue weighted by Crippen LogP contribution is -2.47. The molecule has 1 aliphatic rings. The van der Waals surface area contributed by atoms with Gasteiger partial charge in [0, 0.05) is 26.7 Å². The zero-order valence-corrected chi connectivity index (χ0v) is 15.8. The molecule has 0 spiro atoms. The van der Waals surface area contributed by atoms with Gasteiger partial charge in [-0.1, -0.05) is 13.3 Å². The number of methoxy groups -OCH3 is 1. The molecule has 1 saturated heterocycles. The molecule has 2 rings (SSSR count). The number of aromatic nitrogens is 3. The van der Waals surface area contributed by atoms with Gasteiger partial charge in [-0.25, -0.2) is 4.99 Å². The highest BCUT2D eigenvalue weighted by molar-refractivity contribution is 5.80. The van der Waals surface area contributed by atoms with Crippen molar-refractivity contribution in [1.82, 2.24) is 25.0 Å². The lowest BCUT2D eigenvalue weighted by Gasteiger charge is -2.33. The minimum atomic E-state index is -0.105. The number of aliphatic imine (C=N–C) groups is 1. The molecule has 2 heterocycles. The van der Waals surface area contributed by atoms with Crippen LogP contribution in [0.4, 0.5) is 0 Å². The van der Waals surface area contributed by atoms with Gasteiger partial charge in [0.05, 0.1) is 13.0 Å². The maximum absolute atomic E-state index is 11.7. The van der Waals surface area contributed by atoms with E-state index in [4.69, 9.17) is 9.73 Å². The minimum absolute atomic E-state index is 0.000434. The Morgan fingerprint density at radius 2 is 2.08 bits per heavy atom. The average molecular weight is 350 g/mol. The number of piperidine rings is 1. The molecule has 1 aliphatic heterocycles. The van der Waals surface area contributed by atoms with E-state index < -0.39 is 0 Å². The second-order valence-electron chi connectivity index (χ2n) is 6.43. The summed E-state index contributed by atoms with van der Waals surface area (Å²) in [5.74, 6) is 2.50. The van der Waals surface area contributed by atoms with E-state index in [1.54, 1.807) is 0 Å². The first-order valence-electron chi connectivity index (χ1n) is 9.02. The van der Waals surface area contributed by atoms with Gasteiger partial charge in [-0.05, 0) is 26.2 Å². The molecule has 1 N–H and O–H groups in total. The van der Waals surface area contributed by atoms with Crippen LogP contribution in [0, 0.1) is 12.8 Å². The van der Waals surface area contributed by atoms with E-state index in [0.29, 0.717) is 6.54 Å². The number of nitrogens with zero attached hydrogens (tertiary/aromatic N) is 5. The minimum Gasteiger partial charge on any atom is -0.469 e. The van der Waals surface area contributed by atoms with Crippen LogP contribution in [-0.2, 0) is 23.1 Å². The first-order valence-corrected chi connectivity index (χ1v) is 9.02. The third kappa shape index (κ3) is 5.17. The molecule has 0 bridgehead atoms. The quantitative estimate of drug-likeness (QED) is 0.360. The molecule has 1 aromatic heterocycles. The molecule has 0 radical (unpaired) electrons. The van der Waals surface area contributed by atoms with E-state index >= 15 is 0 Å². The van der Waals surface area contributed by atoms with E-state index in [9.17, 15) is 4.79 Å². The number of likely N-dealkylation sites (tertiary alicyclic amines) is 1. The monoisotopic (exact) mass is 350 g/mol. The SMILES string of the molecule is CCCCNC(=NCc1nnc(C)n1C)N1CCC(C(=O)OC)CC1. The molecule has 8 nitrogen and oxygen atoms in total. The molecule has 0 aliphatic carbocycles. The number of nitrogens with one attached hydrogen (secondary N) is 1. The van der Waals surface area contributed by atoms with Gasteiger partial charge in [0.25, 0.3) is 0 Å². The summed E-state index contributed by atoms with van der Waals surface area (Å²) in [4.78, 5) is 18.7. The number of hydrogen-bond acceptors (Lipinski definition) is 5. The Labute approximate surface area is 149 Å². The predicted octanol–water partition coefficient (Wildman–Crippen LogP) is 1.25. The van der Waals surface area contributed by atoms with E-state index in [0.717, 1.165) is 62.9 Å². The number of carbonyl (C=O) groups is 1. The third-order valence-corrected chi connectivity index (χ3v) is 4.70. The molecule has 0 unspecified atom stereocenters. The van der Waals surface area contributed by atoms with Gasteiger partial charge in [0.2, 0.25) is 0 Å². The first-order chi connectivity index (χ1) is 12.1. The number of rotatable bonds is 6. The van der Waals surface area contributed by atoms with E-state index in [-0.39, 0.29) is 11.9 Å². The first kappa shape index (κ1) is 19.2. The Balaban J connectivity index is 2.01. The van der Waals surface area contributed by atoms with Crippen molar-refractivity contribution in [3.8, 4) is 0 Å². The van der Waals surface area contributed by atoms with E-state index in [1.807, 2.05) is 18.5 Å². The highest BCUT2D eigenvalue weighted by Gasteiger charge is 2.27. The standard InChI is InChI=1S/C17H30N6O2/c1-5-6-9-18-17(19-12-15-21-20-13(2)22(15)3)23-10-7-14(8-11-23)16(24)25-4/h14H,5-12H2,1-4H3,(H,18,19). The molecule has 8 heteroatoms. The Morgan fingerprint density at radius 3 is 2.64 bits per heavy atom. The number of guanidine groups is 1. The molecule has 25 heavy (non-hydrogen) atoms. The molecule has 1 aromatic rings. The molecule has 0 aromatic carbocycles. The molecule has 0 amide bonds. The normalized spacial score (nSPS) is 16.2. The number of esters is 1. The third-order valence-electron chi connectivity index (χ3n) is 4.70. The summed E-state index contributed by atoms with van der Waals surface area (Å²) in [6, 6.07) is 0. The summed E-state index contributed by atoms with van der Waals surface area (Å²) >= 11 is 0. The van der Waals surface area contributed by atoms with Crippen molar-refractivity contribution >= 4 is 11.9 Å². The van der Waals surface area contributed by atoms with Crippen molar-refractivity contribution in [2.24, 2.45) is 18.0 Å². The van der Waals surface area contributed by atoms with E-state index in [2.05, 4.69) is 27.3 Å². The van der Waals surface area contributed by atoms with Crippen LogP contribution in [0.1, 0.15) is 44.3 Å². The van der Waals surface area contributed by atoms with Gasteiger partial charge in [-0.15, -0.1) is 10.2 Å². The Morgan fingerprint density at radius 1 is 1.36 bits per heavy atom. The summed E-state index contributed by atoms with van der Waals surface area (Å²) in [5.41, 5.74) is 0. The number of carbonyl (C=O) groups excluding carboxylic acids is 1. The smallest absolute Gasteiger partial charge is 0.308 e. The largest absolute Gasteiger partial charge is 0.469 e. The van der Waals surface area contributed by atoms with Crippen molar-refractivity contribution in [2.75, 3.05) is 26.7 Å². The molecular formula is C17H30N6O2. The second kappa shape index (κ2) is 9.39. The predicted molar refractivity (Wildman–Crippen MR) is 96.1 cm³/mol. The fourth-order valence-electron chi connectivity index (χ4n) is 2.87. The van der Waals surface area contributed by atoms with Crippen molar-refractivity contribution in [3.05, 3.63) is 11.6 Å². The summed E-state index contributed by atoms with van der Waals surface area (Å²) in [6.07, 6.45) is 3.82. The van der Waals surface area contributed by atoms with Crippen molar-refractivity contribution in [3.63, 3.8) is 0 Å². The highest BCUT2D eigenvalue weighted by atomic mass is 16.5. The fourth-order valence-corrected chi connectivity index (χ4v) is 2.87. The number of unbranched alkanes of at least 4 members (excludes halogenated alkanes) is 1. The molecular weight excluding hydrogens is 320 g/mol. The number of ether oxygens (including phenoxy) is 1. The fraction of sp³-hybridized carbons (Fsp3) is 0.765. The molecule has 0 saturated carbocycles. The van der Waals surface area contributed by atoms with Crippen LogP contribution in [0.15, 0.2) is 4.99 Å². The Bertz CT molecular complexity index is 590. The van der Waals surface area contributed by atoms with Crippen LogP contribution in [0.25, 0.3) is 0 Å². The summed E-state index contributed by atoms with van der Waals surface area (Å²) < 4.78 is 6.82. The van der Waals surface area contributed by atoms with Crippen LogP contribution in [-0.4, -0.2) is 58.3 Å². The van der Waals surface area contributed by atoms with Crippen LogP contribution in [0.3, 0.4) is 0 Å². The topological polar surface area (TPSA) is 84.6 Å². The molecule has 0 atom stereocenters. The van der Waals surface area contributed by atoms with Crippen LogP contribution in [0.2, 0.25) is 0 Å². The zero-order valence-electron chi connectivity index (χ0n) is 15.8. The molecule has 1 fully saturated rings. The van der Waals surface area contributed by atoms with Crippen LogP contribution >= 0.6 is 0 Å². The summed E-state index contributed by atoms with van der Waals surface area (Å²) in [7, 11) is 3.41. The molecule has 140 valence electrons. The van der Waals surface area contributed by atoms with Gasteiger partial charge >= 0.3 is 5.97 Å². The van der Waals surface area contributed by atoms with Crippen LogP contribution in [0.5, 0.6) is 0 Å². The lowest BCUT2D eigenvalue weighted by molar-refractivity contribution is -0.146. The number of aryl methyl sites for hydroxylation is 1. The van der Waals surface area contributed by atoms with Crippen molar-refractivity contribution in [1.29, 1.82) is 0 Å². The average Bonchev–Trinajstić information content (AvgIpc) is 2.96. The lowest BCUT2D eigenvalue weighted by atomic mass is 9.97. The van der Waals surface area contributed by atoms with Crippen molar-refractivity contribution in [2.45, 2.75) is 46.1 Å². The zero-order chi connectivity index (χ0) is 18.2. The summed E-state index contributed by atoms with van der Waals surface area (Å²) in [6.45, 7) is 7.08. The maximum atomic E-state index is 11.7. The van der Waals surface area contributed by atoms with Gasteiger partial charge in [0.15, 0.2) is 11.8 Å². The van der Waals surface area contributed by atoms with Gasteiger partial charge in [-0.3, -0.25) is 4.79 Å². The van der Waals surface area contributed by atoms with Gasteiger partial charge < -0.3 is 19.5 Å². The second-order valence-corrected chi connectivity index (χ2v) is 6.43.